The molecule has 1 aromatic carbocycles. The molecule has 0 aliphatic heterocycles. The number of benzene rings is 1. The lowest BCUT2D eigenvalue weighted by atomic mass is 10.1. The second kappa shape index (κ2) is 6.78. The van der Waals surface area contributed by atoms with Gasteiger partial charge in [-0.2, -0.15) is 0 Å². The first kappa shape index (κ1) is 15.3. The van der Waals surface area contributed by atoms with Gasteiger partial charge in [0.15, 0.2) is 0 Å². The number of quaternary nitrogens is 1. The molecule has 3 nitrogen and oxygen atoms in total. The van der Waals surface area contributed by atoms with Gasteiger partial charge in [0.1, 0.15) is 13.1 Å². The monoisotopic (exact) mass is 287 g/mol. The molecule has 0 atom stereocenters. The molecule has 0 bridgehead atoms. The van der Waals surface area contributed by atoms with Crippen LogP contribution >= 0.6 is 0 Å². The average molecular weight is 288 g/mol. The molecule has 16 heavy (non-hydrogen) atoms. The summed E-state index contributed by atoms with van der Waals surface area (Å²) in [6.07, 6.45) is 0. The molecular weight excluding hydrogens is 270 g/mol. The third kappa shape index (κ3) is 4.88. The Morgan fingerprint density at radius 3 is 2.31 bits per heavy atom. The molecule has 0 aliphatic carbocycles. The van der Waals surface area contributed by atoms with Crippen molar-refractivity contribution in [2.75, 3.05) is 33.8 Å². The van der Waals surface area contributed by atoms with Crippen molar-refractivity contribution in [2.24, 2.45) is 0 Å². The molecule has 0 aliphatic rings. The fraction of sp³-hybridized carbons (Fsp3) is 0.417. The molecule has 0 radical (unpaired) electrons. The summed E-state index contributed by atoms with van der Waals surface area (Å²) in [5, 5.41) is 8.86. The summed E-state index contributed by atoms with van der Waals surface area (Å²) in [4.78, 5) is 11.8. The van der Waals surface area contributed by atoms with Gasteiger partial charge in [0.2, 0.25) is 5.78 Å². The van der Waals surface area contributed by atoms with E-state index in [1.165, 1.54) is 0 Å². The van der Waals surface area contributed by atoms with Crippen LogP contribution in [0.3, 0.4) is 0 Å². The highest BCUT2D eigenvalue weighted by Crippen LogP contribution is 2.04. The number of likely N-dealkylation sites (N-methyl/N-ethyl adjacent to an activating group) is 1. The molecule has 0 saturated heterocycles. The van der Waals surface area contributed by atoms with E-state index in [1.54, 1.807) is 0 Å². The minimum Gasteiger partial charge on any atom is -1.00 e. The van der Waals surface area contributed by atoms with Crippen LogP contribution in [0.15, 0.2) is 30.3 Å². The molecule has 0 unspecified atom stereocenters. The fourth-order valence-electron chi connectivity index (χ4n) is 1.45. The van der Waals surface area contributed by atoms with E-state index in [0.717, 1.165) is 5.56 Å². The van der Waals surface area contributed by atoms with Crippen LogP contribution in [0.2, 0.25) is 0 Å². The molecule has 0 heterocycles. The smallest absolute Gasteiger partial charge is 0.216 e. The number of halogens is 1. The molecule has 0 saturated carbocycles. The lowest BCUT2D eigenvalue weighted by Crippen LogP contribution is -3.00. The van der Waals surface area contributed by atoms with Gasteiger partial charge in [0.05, 0.1) is 20.7 Å². The van der Waals surface area contributed by atoms with Crippen LogP contribution in [0.5, 0.6) is 0 Å². The maximum absolute atomic E-state index is 11.8. The number of Topliss-reactive ketones (excluding diaryl/α,β-unsaturated/α-hetero) is 1. The zero-order valence-electron chi connectivity index (χ0n) is 9.69. The number of nitrogens with zero attached hydrogens (tertiary/aromatic N) is 1. The van der Waals surface area contributed by atoms with Gasteiger partial charge < -0.3 is 26.6 Å². The SMILES string of the molecule is C[N+](C)(CCO)CC(=O)c1ccccc1.[Br-]. The van der Waals surface area contributed by atoms with E-state index in [0.29, 0.717) is 17.6 Å². The Morgan fingerprint density at radius 2 is 1.81 bits per heavy atom. The van der Waals surface area contributed by atoms with E-state index >= 15 is 0 Å². The van der Waals surface area contributed by atoms with Gasteiger partial charge in [-0.15, -0.1) is 0 Å². The molecular formula is C12H18BrNO2. The minimum atomic E-state index is 0. The van der Waals surface area contributed by atoms with Crippen LogP contribution < -0.4 is 17.0 Å². The number of carbonyl (C=O) groups is 1. The average Bonchev–Trinajstić information content (AvgIpc) is 2.18. The first-order valence-corrected chi connectivity index (χ1v) is 5.06. The van der Waals surface area contributed by atoms with E-state index in [4.69, 9.17) is 5.11 Å². The van der Waals surface area contributed by atoms with Crippen molar-refractivity contribution in [2.45, 2.75) is 0 Å². The summed E-state index contributed by atoms with van der Waals surface area (Å²) >= 11 is 0. The normalized spacial score (nSPS) is 10.7. The number of hydrogen-bond donors (Lipinski definition) is 1. The van der Waals surface area contributed by atoms with E-state index in [1.807, 2.05) is 44.4 Å². The van der Waals surface area contributed by atoms with Crippen LogP contribution in [0.1, 0.15) is 10.4 Å². The number of ketones is 1. The second-order valence-electron chi connectivity index (χ2n) is 4.33. The van der Waals surface area contributed by atoms with Crippen molar-refractivity contribution < 1.29 is 31.4 Å². The van der Waals surface area contributed by atoms with Crippen LogP contribution in [0.4, 0.5) is 0 Å². The molecule has 4 heteroatoms. The van der Waals surface area contributed by atoms with Gasteiger partial charge in [0, 0.05) is 5.56 Å². The van der Waals surface area contributed by atoms with Gasteiger partial charge in [-0.1, -0.05) is 30.3 Å². The van der Waals surface area contributed by atoms with Crippen LogP contribution in [0.25, 0.3) is 0 Å². The highest BCUT2D eigenvalue weighted by Gasteiger charge is 2.19. The fourth-order valence-corrected chi connectivity index (χ4v) is 1.45. The highest BCUT2D eigenvalue weighted by atomic mass is 79.9. The molecule has 1 rings (SSSR count). The Morgan fingerprint density at radius 1 is 1.25 bits per heavy atom. The highest BCUT2D eigenvalue weighted by molar-refractivity contribution is 5.96. The predicted octanol–water partition coefficient (Wildman–Crippen LogP) is -2.06. The molecule has 0 spiro atoms. The number of carbonyl (C=O) groups excluding carboxylic acids is 1. The van der Waals surface area contributed by atoms with Crippen molar-refractivity contribution in [1.82, 2.24) is 0 Å². The minimum absolute atomic E-state index is 0. The Bertz CT molecular complexity index is 325. The Kier molecular flexibility index (Phi) is 6.48. The first-order valence-electron chi connectivity index (χ1n) is 5.06. The second-order valence-corrected chi connectivity index (χ2v) is 4.33. The van der Waals surface area contributed by atoms with Gasteiger partial charge in [-0.3, -0.25) is 4.79 Å². The maximum atomic E-state index is 11.8. The van der Waals surface area contributed by atoms with Crippen molar-refractivity contribution in [1.29, 1.82) is 0 Å². The van der Waals surface area contributed by atoms with Crippen molar-refractivity contribution >= 4 is 5.78 Å². The molecule has 1 N–H and O–H groups in total. The lowest BCUT2D eigenvalue weighted by Gasteiger charge is -2.27. The van der Waals surface area contributed by atoms with E-state index < -0.39 is 0 Å². The topological polar surface area (TPSA) is 37.3 Å². The zero-order chi connectivity index (χ0) is 11.3. The summed E-state index contributed by atoms with van der Waals surface area (Å²) in [7, 11) is 3.88. The number of hydrogen-bond acceptors (Lipinski definition) is 2. The summed E-state index contributed by atoms with van der Waals surface area (Å²) in [5.41, 5.74) is 0.738. The van der Waals surface area contributed by atoms with Gasteiger partial charge in [-0.25, -0.2) is 0 Å². The van der Waals surface area contributed by atoms with E-state index in [2.05, 4.69) is 0 Å². The van der Waals surface area contributed by atoms with Crippen molar-refractivity contribution in [3.05, 3.63) is 35.9 Å². The van der Waals surface area contributed by atoms with E-state index in [-0.39, 0.29) is 29.4 Å². The van der Waals surface area contributed by atoms with Crippen LogP contribution in [-0.2, 0) is 0 Å². The summed E-state index contributed by atoms with van der Waals surface area (Å²) < 4.78 is 0.518. The third-order valence-corrected chi connectivity index (χ3v) is 2.37. The molecule has 0 fully saturated rings. The van der Waals surface area contributed by atoms with Gasteiger partial charge >= 0.3 is 0 Å². The number of aliphatic hydroxyl groups excluding tert-OH is 1. The van der Waals surface area contributed by atoms with Crippen molar-refractivity contribution in [3.63, 3.8) is 0 Å². The van der Waals surface area contributed by atoms with Gasteiger partial charge in [-0.05, 0) is 0 Å². The number of rotatable bonds is 5. The number of aliphatic hydroxyl groups is 1. The Hall–Kier alpha value is -0.710. The van der Waals surface area contributed by atoms with Gasteiger partial charge in [0.25, 0.3) is 0 Å². The van der Waals surface area contributed by atoms with E-state index in [9.17, 15) is 4.79 Å². The Labute approximate surface area is 107 Å². The van der Waals surface area contributed by atoms with Crippen LogP contribution in [0, 0.1) is 0 Å². The van der Waals surface area contributed by atoms with Crippen molar-refractivity contribution in [3.8, 4) is 0 Å². The largest absolute Gasteiger partial charge is 1.00 e. The Balaban J connectivity index is 0.00000225. The summed E-state index contributed by atoms with van der Waals surface area (Å²) in [6, 6.07) is 9.26. The zero-order valence-corrected chi connectivity index (χ0v) is 11.3. The maximum Gasteiger partial charge on any atom is 0.216 e. The molecule has 0 aromatic heterocycles. The lowest BCUT2D eigenvalue weighted by molar-refractivity contribution is -0.882. The molecule has 0 amide bonds. The first-order chi connectivity index (χ1) is 7.05. The predicted molar refractivity (Wildman–Crippen MR) is 59.7 cm³/mol. The quantitative estimate of drug-likeness (QED) is 0.500. The standard InChI is InChI=1S/C12H18NO2.BrH/c1-13(2,8-9-14)10-12(15)11-6-4-3-5-7-11;/h3-7,14H,8-10H2,1-2H3;1H/q+1;/p-1. The summed E-state index contributed by atoms with van der Waals surface area (Å²) in [6.45, 7) is 1.12. The molecule has 1 aromatic rings. The summed E-state index contributed by atoms with van der Waals surface area (Å²) in [5.74, 6) is 0.119. The van der Waals surface area contributed by atoms with Crippen LogP contribution in [-0.4, -0.2) is 49.2 Å². The molecule has 90 valence electrons. The third-order valence-electron chi connectivity index (χ3n) is 2.37.